The van der Waals surface area contributed by atoms with E-state index in [9.17, 15) is 9.59 Å². The third-order valence-corrected chi connectivity index (χ3v) is 3.28. The second-order valence-corrected chi connectivity index (χ2v) is 4.27. The number of hydrogen-bond acceptors (Lipinski definition) is 2. The Balaban J connectivity index is 0. The molecule has 0 aliphatic heterocycles. The lowest BCUT2D eigenvalue weighted by Crippen LogP contribution is -2.35. The molecule has 1 fully saturated rings. The largest absolute Gasteiger partial charge is 0.299 e. The van der Waals surface area contributed by atoms with Crippen LogP contribution in [0.1, 0.15) is 49.0 Å². The van der Waals surface area contributed by atoms with E-state index in [4.69, 9.17) is 0 Å². The molecule has 0 unspecified atom stereocenters. The second-order valence-electron chi connectivity index (χ2n) is 4.27. The third kappa shape index (κ3) is 1.67. The minimum Gasteiger partial charge on any atom is -0.299 e. The van der Waals surface area contributed by atoms with Gasteiger partial charge in [0.05, 0.1) is 6.42 Å². The molecule has 0 bridgehead atoms. The molecule has 0 saturated heterocycles. The molecule has 13 heavy (non-hydrogen) atoms. The topological polar surface area (TPSA) is 34.1 Å². The average Bonchev–Trinajstić information content (AvgIpc) is 1.95. The highest BCUT2D eigenvalue weighted by molar-refractivity contribution is 6.12. The number of hydrogen-bond donors (Lipinski definition) is 0. The SMILES string of the molecule is C.C.CC1(C)C(=O)CC(=O)C1(C)C. The maximum atomic E-state index is 11.3. The van der Waals surface area contributed by atoms with Gasteiger partial charge in [-0.25, -0.2) is 0 Å². The van der Waals surface area contributed by atoms with E-state index in [0.717, 1.165) is 0 Å². The van der Waals surface area contributed by atoms with Crippen molar-refractivity contribution in [2.45, 2.75) is 49.0 Å². The van der Waals surface area contributed by atoms with Crippen molar-refractivity contribution in [3.8, 4) is 0 Å². The van der Waals surface area contributed by atoms with Gasteiger partial charge in [0, 0.05) is 10.8 Å². The van der Waals surface area contributed by atoms with Gasteiger partial charge in [0.15, 0.2) is 0 Å². The molecular formula is C11H22O2. The van der Waals surface area contributed by atoms with Crippen LogP contribution in [0.25, 0.3) is 0 Å². The first-order valence-electron chi connectivity index (χ1n) is 3.87. The number of rotatable bonds is 0. The molecule has 0 aromatic carbocycles. The van der Waals surface area contributed by atoms with E-state index in [1.807, 2.05) is 27.7 Å². The van der Waals surface area contributed by atoms with Crippen molar-refractivity contribution >= 4 is 11.6 Å². The zero-order valence-corrected chi connectivity index (χ0v) is 7.52. The summed E-state index contributed by atoms with van der Waals surface area (Å²) in [5.41, 5.74) is -0.936. The van der Waals surface area contributed by atoms with Crippen LogP contribution in [-0.2, 0) is 9.59 Å². The smallest absolute Gasteiger partial charge is 0.146 e. The van der Waals surface area contributed by atoms with Gasteiger partial charge < -0.3 is 0 Å². The maximum Gasteiger partial charge on any atom is 0.146 e. The minimum atomic E-state index is -0.468. The Kier molecular flexibility index (Phi) is 4.12. The predicted octanol–water partition coefficient (Wildman–Crippen LogP) is 2.85. The summed E-state index contributed by atoms with van der Waals surface area (Å²) in [5.74, 6) is 0.153. The molecule has 1 aliphatic rings. The summed E-state index contributed by atoms with van der Waals surface area (Å²) in [4.78, 5) is 22.6. The average molecular weight is 186 g/mol. The van der Waals surface area contributed by atoms with E-state index in [2.05, 4.69) is 0 Å². The Morgan fingerprint density at radius 1 is 0.846 bits per heavy atom. The van der Waals surface area contributed by atoms with Crippen molar-refractivity contribution in [2.75, 3.05) is 0 Å². The van der Waals surface area contributed by atoms with Crippen molar-refractivity contribution < 1.29 is 9.59 Å². The van der Waals surface area contributed by atoms with Crippen LogP contribution < -0.4 is 0 Å². The quantitative estimate of drug-likeness (QED) is 0.545. The van der Waals surface area contributed by atoms with Crippen molar-refractivity contribution in [1.29, 1.82) is 0 Å². The number of Topliss-reactive ketones (excluding diaryl/α,β-unsaturated/α-hetero) is 2. The Morgan fingerprint density at radius 2 is 1.08 bits per heavy atom. The standard InChI is InChI=1S/C9H14O2.2CH4/c1-8(2)6(10)5-7(11)9(8,3)4;;/h5H2,1-4H3;2*1H4. The van der Waals surface area contributed by atoms with Crippen molar-refractivity contribution in [1.82, 2.24) is 0 Å². The molecule has 1 rings (SSSR count). The molecule has 0 heterocycles. The molecule has 1 saturated carbocycles. The van der Waals surface area contributed by atoms with E-state index in [-0.39, 0.29) is 32.8 Å². The molecule has 0 aromatic heterocycles. The zero-order valence-electron chi connectivity index (χ0n) is 7.52. The van der Waals surface area contributed by atoms with Gasteiger partial charge in [0.25, 0.3) is 0 Å². The highest BCUT2D eigenvalue weighted by atomic mass is 16.2. The summed E-state index contributed by atoms with van der Waals surface area (Å²) in [6.07, 6.45) is 0.125. The van der Waals surface area contributed by atoms with E-state index in [1.54, 1.807) is 0 Å². The van der Waals surface area contributed by atoms with Gasteiger partial charge in [0.2, 0.25) is 0 Å². The molecule has 0 radical (unpaired) electrons. The molecule has 0 aromatic rings. The second kappa shape index (κ2) is 3.60. The fourth-order valence-electron chi connectivity index (χ4n) is 1.28. The third-order valence-electron chi connectivity index (χ3n) is 3.28. The Hall–Kier alpha value is -0.660. The van der Waals surface area contributed by atoms with E-state index < -0.39 is 10.8 Å². The van der Waals surface area contributed by atoms with Crippen molar-refractivity contribution in [3.05, 3.63) is 0 Å². The first-order chi connectivity index (χ1) is 4.80. The lowest BCUT2D eigenvalue weighted by molar-refractivity contribution is -0.129. The number of carbonyl (C=O) groups is 2. The highest BCUT2D eigenvalue weighted by Gasteiger charge is 2.53. The maximum absolute atomic E-state index is 11.3. The molecule has 0 spiro atoms. The van der Waals surface area contributed by atoms with E-state index >= 15 is 0 Å². The minimum absolute atomic E-state index is 0. The molecule has 0 atom stereocenters. The Bertz CT molecular complexity index is 200. The summed E-state index contributed by atoms with van der Waals surface area (Å²) >= 11 is 0. The summed E-state index contributed by atoms with van der Waals surface area (Å²) in [7, 11) is 0. The van der Waals surface area contributed by atoms with Crippen LogP contribution >= 0.6 is 0 Å². The Morgan fingerprint density at radius 3 is 1.15 bits per heavy atom. The predicted molar refractivity (Wildman–Crippen MR) is 55.7 cm³/mol. The molecule has 1 aliphatic carbocycles. The lowest BCUT2D eigenvalue weighted by atomic mass is 9.70. The van der Waals surface area contributed by atoms with Crippen LogP contribution in [0.5, 0.6) is 0 Å². The molecule has 2 nitrogen and oxygen atoms in total. The van der Waals surface area contributed by atoms with Crippen LogP contribution in [0.15, 0.2) is 0 Å². The van der Waals surface area contributed by atoms with Gasteiger partial charge in [-0.2, -0.15) is 0 Å². The van der Waals surface area contributed by atoms with Crippen LogP contribution in [0.4, 0.5) is 0 Å². The fourth-order valence-corrected chi connectivity index (χ4v) is 1.28. The first kappa shape index (κ1) is 14.8. The van der Waals surface area contributed by atoms with Gasteiger partial charge >= 0.3 is 0 Å². The van der Waals surface area contributed by atoms with Gasteiger partial charge in [-0.15, -0.1) is 0 Å². The molecular weight excluding hydrogens is 164 g/mol. The van der Waals surface area contributed by atoms with Crippen LogP contribution in [-0.4, -0.2) is 11.6 Å². The summed E-state index contributed by atoms with van der Waals surface area (Å²) in [6, 6.07) is 0. The van der Waals surface area contributed by atoms with Gasteiger partial charge in [0.1, 0.15) is 11.6 Å². The molecule has 0 amide bonds. The first-order valence-corrected chi connectivity index (χ1v) is 3.87. The van der Waals surface area contributed by atoms with Crippen LogP contribution in [0.3, 0.4) is 0 Å². The van der Waals surface area contributed by atoms with Gasteiger partial charge in [-0.3, -0.25) is 9.59 Å². The van der Waals surface area contributed by atoms with Crippen LogP contribution in [0.2, 0.25) is 0 Å². The summed E-state index contributed by atoms with van der Waals surface area (Å²) in [6.45, 7) is 7.39. The molecule has 0 N–H and O–H groups in total. The van der Waals surface area contributed by atoms with Crippen molar-refractivity contribution in [3.63, 3.8) is 0 Å². The summed E-state index contributed by atoms with van der Waals surface area (Å²) in [5, 5.41) is 0. The normalized spacial score (nSPS) is 23.4. The Labute approximate surface area is 81.7 Å². The fraction of sp³-hybridized carbons (Fsp3) is 0.818. The molecule has 78 valence electrons. The van der Waals surface area contributed by atoms with Gasteiger partial charge in [-0.1, -0.05) is 42.5 Å². The number of carbonyl (C=O) groups excluding carboxylic acids is 2. The van der Waals surface area contributed by atoms with E-state index in [1.165, 1.54) is 0 Å². The summed E-state index contributed by atoms with van der Waals surface area (Å²) < 4.78 is 0. The zero-order chi connectivity index (χ0) is 8.86. The van der Waals surface area contributed by atoms with Crippen molar-refractivity contribution in [2.24, 2.45) is 10.8 Å². The van der Waals surface area contributed by atoms with E-state index in [0.29, 0.717) is 0 Å². The molecule has 2 heteroatoms. The van der Waals surface area contributed by atoms with Gasteiger partial charge in [-0.05, 0) is 0 Å². The monoisotopic (exact) mass is 186 g/mol. The number of ketones is 2. The highest BCUT2D eigenvalue weighted by Crippen LogP contribution is 2.46. The van der Waals surface area contributed by atoms with Crippen LogP contribution in [0, 0.1) is 10.8 Å². The lowest BCUT2D eigenvalue weighted by Gasteiger charge is -2.30.